The van der Waals surface area contributed by atoms with Crippen molar-refractivity contribution in [3.05, 3.63) is 57.5 Å². The number of carbonyl (C=O) groups excluding carboxylic acids is 1. The normalized spacial score (nSPS) is 17.6. The van der Waals surface area contributed by atoms with Gasteiger partial charge in [-0.05, 0) is 43.3 Å². The standard InChI is InChI=1S/C19H19N3O5S2/c1-12-4-6-13(7-5-12)29(25,26)22-9-2-3-15(22)19(24)27-11-16-20-14-8-10-28-17(14)18(23)21-16/h4-8,10,15H,2-3,9,11H2,1H3,(H,20,21,23)/t15-/m1/s1. The van der Waals surface area contributed by atoms with Crippen molar-refractivity contribution < 1.29 is 17.9 Å². The fourth-order valence-electron chi connectivity index (χ4n) is 3.33. The third-order valence-electron chi connectivity index (χ3n) is 4.82. The first-order valence-electron chi connectivity index (χ1n) is 9.08. The maximum absolute atomic E-state index is 13.0. The average molecular weight is 434 g/mol. The Kier molecular flexibility index (Phi) is 5.24. The second kappa shape index (κ2) is 7.69. The molecule has 4 rings (SSSR count). The summed E-state index contributed by atoms with van der Waals surface area (Å²) >= 11 is 1.28. The van der Waals surface area contributed by atoms with E-state index in [1.54, 1.807) is 23.6 Å². The van der Waals surface area contributed by atoms with Gasteiger partial charge in [-0.2, -0.15) is 4.31 Å². The Morgan fingerprint density at radius 2 is 2.07 bits per heavy atom. The zero-order chi connectivity index (χ0) is 20.6. The molecule has 1 fully saturated rings. The summed E-state index contributed by atoms with van der Waals surface area (Å²) in [4.78, 5) is 31.6. The van der Waals surface area contributed by atoms with E-state index in [0.29, 0.717) is 23.1 Å². The number of thiophene rings is 1. The predicted octanol–water partition coefficient (Wildman–Crippen LogP) is 2.19. The van der Waals surface area contributed by atoms with E-state index in [4.69, 9.17) is 4.74 Å². The van der Waals surface area contributed by atoms with Crippen LogP contribution in [0.2, 0.25) is 0 Å². The third-order valence-corrected chi connectivity index (χ3v) is 7.64. The second-order valence-corrected chi connectivity index (χ2v) is 9.65. The molecule has 0 radical (unpaired) electrons. The molecule has 1 aliphatic rings. The van der Waals surface area contributed by atoms with Gasteiger partial charge in [0, 0.05) is 6.54 Å². The van der Waals surface area contributed by atoms with Crippen molar-refractivity contribution in [2.24, 2.45) is 0 Å². The molecular formula is C19H19N3O5S2. The Hall–Kier alpha value is -2.56. The highest BCUT2D eigenvalue weighted by molar-refractivity contribution is 7.89. The number of aromatic nitrogens is 2. The van der Waals surface area contributed by atoms with Crippen LogP contribution >= 0.6 is 11.3 Å². The molecule has 152 valence electrons. The van der Waals surface area contributed by atoms with Crippen LogP contribution in [0.5, 0.6) is 0 Å². The van der Waals surface area contributed by atoms with Crippen molar-refractivity contribution in [3.63, 3.8) is 0 Å². The monoisotopic (exact) mass is 433 g/mol. The molecule has 0 saturated carbocycles. The Labute approximate surface area is 171 Å². The maximum atomic E-state index is 13.0. The molecule has 1 N–H and O–H groups in total. The number of benzene rings is 1. The van der Waals surface area contributed by atoms with E-state index in [1.807, 2.05) is 6.92 Å². The van der Waals surface area contributed by atoms with Gasteiger partial charge >= 0.3 is 5.97 Å². The number of rotatable bonds is 5. The minimum Gasteiger partial charge on any atom is -0.456 e. The third kappa shape index (κ3) is 3.83. The summed E-state index contributed by atoms with van der Waals surface area (Å²) in [7, 11) is -3.80. The molecule has 1 aromatic carbocycles. The molecule has 3 aromatic rings. The summed E-state index contributed by atoms with van der Waals surface area (Å²) in [5, 5.41) is 1.76. The van der Waals surface area contributed by atoms with Gasteiger partial charge in [-0.25, -0.2) is 13.4 Å². The molecule has 0 amide bonds. The summed E-state index contributed by atoms with van der Waals surface area (Å²) in [6.45, 7) is 1.90. The van der Waals surface area contributed by atoms with Crippen LogP contribution in [-0.2, 0) is 26.2 Å². The Morgan fingerprint density at radius 3 is 2.83 bits per heavy atom. The number of carbonyl (C=O) groups is 1. The van der Waals surface area contributed by atoms with Gasteiger partial charge in [0.2, 0.25) is 10.0 Å². The molecule has 29 heavy (non-hydrogen) atoms. The molecule has 1 atom stereocenters. The lowest BCUT2D eigenvalue weighted by atomic mass is 10.2. The van der Waals surface area contributed by atoms with Crippen LogP contribution in [0.25, 0.3) is 10.2 Å². The van der Waals surface area contributed by atoms with Crippen LogP contribution in [0.1, 0.15) is 24.2 Å². The Bertz CT molecular complexity index is 1210. The first-order valence-corrected chi connectivity index (χ1v) is 11.4. The van der Waals surface area contributed by atoms with Gasteiger partial charge in [0.05, 0.1) is 10.4 Å². The lowest BCUT2D eigenvalue weighted by Gasteiger charge is -2.22. The first-order chi connectivity index (χ1) is 13.9. The van der Waals surface area contributed by atoms with Crippen molar-refractivity contribution in [2.75, 3.05) is 6.54 Å². The van der Waals surface area contributed by atoms with Crippen molar-refractivity contribution in [1.29, 1.82) is 0 Å². The number of esters is 1. The van der Waals surface area contributed by atoms with Gasteiger partial charge in [0.1, 0.15) is 23.2 Å². The summed E-state index contributed by atoms with van der Waals surface area (Å²) in [5.41, 5.74) is 1.19. The van der Waals surface area contributed by atoms with Gasteiger partial charge < -0.3 is 9.72 Å². The van der Waals surface area contributed by atoms with Gasteiger partial charge in [-0.3, -0.25) is 9.59 Å². The van der Waals surface area contributed by atoms with Crippen molar-refractivity contribution in [1.82, 2.24) is 14.3 Å². The predicted molar refractivity (Wildman–Crippen MR) is 108 cm³/mol. The minimum absolute atomic E-state index is 0.150. The number of nitrogens with one attached hydrogen (secondary N) is 1. The van der Waals surface area contributed by atoms with E-state index in [0.717, 1.165) is 5.56 Å². The Morgan fingerprint density at radius 1 is 1.31 bits per heavy atom. The average Bonchev–Trinajstić information content (AvgIpc) is 3.36. The van der Waals surface area contributed by atoms with Gasteiger partial charge in [0.25, 0.3) is 5.56 Å². The summed E-state index contributed by atoms with van der Waals surface area (Å²) < 4.78 is 32.9. The SMILES string of the molecule is Cc1ccc(S(=O)(=O)N2CCC[C@@H]2C(=O)OCc2nc3ccsc3c(=O)[nH]2)cc1. The van der Waals surface area contributed by atoms with Crippen molar-refractivity contribution >= 4 is 37.5 Å². The quantitative estimate of drug-likeness (QED) is 0.618. The lowest BCUT2D eigenvalue weighted by molar-refractivity contribution is -0.149. The number of hydrogen-bond acceptors (Lipinski definition) is 7. The van der Waals surface area contributed by atoms with Crippen LogP contribution in [-0.4, -0.2) is 41.2 Å². The molecule has 0 bridgehead atoms. The largest absolute Gasteiger partial charge is 0.456 e. The lowest BCUT2D eigenvalue weighted by Crippen LogP contribution is -2.41. The van der Waals surface area contributed by atoms with E-state index in [2.05, 4.69) is 9.97 Å². The number of nitrogens with zero attached hydrogens (tertiary/aromatic N) is 2. The van der Waals surface area contributed by atoms with E-state index >= 15 is 0 Å². The molecule has 0 aliphatic carbocycles. The van der Waals surface area contributed by atoms with Gasteiger partial charge in [0.15, 0.2) is 0 Å². The van der Waals surface area contributed by atoms with Gasteiger partial charge in [-0.15, -0.1) is 11.3 Å². The van der Waals surface area contributed by atoms with Crippen molar-refractivity contribution in [2.45, 2.75) is 37.3 Å². The zero-order valence-electron chi connectivity index (χ0n) is 15.6. The Balaban J connectivity index is 1.50. The fourth-order valence-corrected chi connectivity index (χ4v) is 5.71. The van der Waals surface area contributed by atoms with Crippen molar-refractivity contribution in [3.8, 4) is 0 Å². The highest BCUT2D eigenvalue weighted by atomic mass is 32.2. The van der Waals surface area contributed by atoms with E-state index in [9.17, 15) is 18.0 Å². The number of hydrogen-bond donors (Lipinski definition) is 1. The van der Waals surface area contributed by atoms with E-state index < -0.39 is 22.0 Å². The molecule has 10 heteroatoms. The summed E-state index contributed by atoms with van der Waals surface area (Å²) in [6, 6.07) is 7.34. The number of fused-ring (bicyclic) bond motifs is 1. The molecule has 8 nitrogen and oxygen atoms in total. The van der Waals surface area contributed by atoms with Crippen LogP contribution in [0.15, 0.2) is 45.4 Å². The molecule has 1 aliphatic heterocycles. The van der Waals surface area contributed by atoms with Crippen LogP contribution in [0.4, 0.5) is 0 Å². The topological polar surface area (TPSA) is 109 Å². The highest BCUT2D eigenvalue weighted by Gasteiger charge is 2.40. The maximum Gasteiger partial charge on any atom is 0.324 e. The van der Waals surface area contributed by atoms with Gasteiger partial charge in [-0.1, -0.05) is 17.7 Å². The van der Waals surface area contributed by atoms with Crippen LogP contribution in [0.3, 0.4) is 0 Å². The highest BCUT2D eigenvalue weighted by Crippen LogP contribution is 2.27. The molecule has 0 spiro atoms. The molecule has 0 unspecified atom stereocenters. The molecule has 2 aromatic heterocycles. The number of aryl methyl sites for hydroxylation is 1. The summed E-state index contributed by atoms with van der Waals surface area (Å²) in [6.07, 6.45) is 0.957. The number of ether oxygens (including phenoxy) is 1. The fraction of sp³-hybridized carbons (Fsp3) is 0.316. The minimum atomic E-state index is -3.80. The van der Waals surface area contributed by atoms with E-state index in [1.165, 1.54) is 27.8 Å². The van der Waals surface area contributed by atoms with Crippen LogP contribution in [0, 0.1) is 6.92 Å². The second-order valence-electron chi connectivity index (χ2n) is 6.84. The number of H-pyrrole nitrogens is 1. The van der Waals surface area contributed by atoms with E-state index in [-0.39, 0.29) is 29.4 Å². The van der Waals surface area contributed by atoms with Crippen LogP contribution < -0.4 is 5.56 Å². The molecular weight excluding hydrogens is 414 g/mol. The summed E-state index contributed by atoms with van der Waals surface area (Å²) in [5.74, 6) is -0.425. The first kappa shape index (κ1) is 19.7. The zero-order valence-corrected chi connectivity index (χ0v) is 17.3. The molecule has 1 saturated heterocycles. The number of aromatic amines is 1. The number of sulfonamides is 1. The molecule has 3 heterocycles. The smallest absolute Gasteiger partial charge is 0.324 e.